The Morgan fingerprint density at radius 3 is 2.55 bits per heavy atom. The van der Waals surface area contributed by atoms with Crippen molar-refractivity contribution < 1.29 is 5.11 Å². The lowest BCUT2D eigenvalue weighted by atomic mass is 10.1. The van der Waals surface area contributed by atoms with Crippen LogP contribution < -0.4 is 0 Å². The largest absolute Gasteiger partial charge is 0.387 e. The Hall–Kier alpha value is -1.42. The average molecular weight is 291 g/mol. The fourth-order valence-electron chi connectivity index (χ4n) is 2.06. The Bertz CT molecular complexity index is 516. The molecule has 0 saturated carbocycles. The molecule has 0 aliphatic heterocycles. The van der Waals surface area contributed by atoms with Gasteiger partial charge in [0.15, 0.2) is 0 Å². The van der Waals surface area contributed by atoms with Crippen LogP contribution in [0, 0.1) is 0 Å². The van der Waals surface area contributed by atoms with E-state index in [1.54, 1.807) is 18.3 Å². The molecule has 2 aromatic rings. The first-order valence-corrected chi connectivity index (χ1v) is 7.12. The monoisotopic (exact) mass is 290 g/mol. The Kier molecular flexibility index (Phi) is 5.53. The number of nitrogens with zero attached hydrogens (tertiary/aromatic N) is 2. The van der Waals surface area contributed by atoms with Crippen molar-refractivity contribution in [1.29, 1.82) is 0 Å². The third-order valence-electron chi connectivity index (χ3n) is 3.24. The Balaban J connectivity index is 1.97. The van der Waals surface area contributed by atoms with Crippen molar-refractivity contribution in [2.45, 2.75) is 19.6 Å². The highest BCUT2D eigenvalue weighted by Crippen LogP contribution is 2.18. The highest BCUT2D eigenvalue weighted by Gasteiger charge is 2.13. The fraction of sp³-hybridized carbons (Fsp3) is 0.312. The van der Waals surface area contributed by atoms with Crippen molar-refractivity contribution in [3.05, 3.63) is 64.9 Å². The number of hydrogen-bond donors (Lipinski definition) is 1. The molecule has 2 rings (SSSR count). The number of hydrogen-bond acceptors (Lipinski definition) is 3. The number of aliphatic hydroxyl groups excluding tert-OH is 1. The number of aromatic nitrogens is 1. The summed E-state index contributed by atoms with van der Waals surface area (Å²) in [6.45, 7) is 4.26. The van der Waals surface area contributed by atoms with Crippen molar-refractivity contribution in [3.63, 3.8) is 0 Å². The number of aliphatic hydroxyl groups is 1. The molecular formula is C16H19ClN2O. The summed E-state index contributed by atoms with van der Waals surface area (Å²) in [6, 6.07) is 13.2. The summed E-state index contributed by atoms with van der Waals surface area (Å²) in [7, 11) is 0. The minimum absolute atomic E-state index is 0.518. The summed E-state index contributed by atoms with van der Waals surface area (Å²) in [5, 5.41) is 11.0. The zero-order chi connectivity index (χ0) is 14.4. The smallest absolute Gasteiger partial charge is 0.0917 e. The molecule has 1 N–H and O–H groups in total. The molecule has 3 nitrogen and oxygen atoms in total. The maximum atomic E-state index is 10.3. The zero-order valence-electron chi connectivity index (χ0n) is 11.5. The minimum Gasteiger partial charge on any atom is -0.387 e. The second kappa shape index (κ2) is 7.39. The van der Waals surface area contributed by atoms with E-state index >= 15 is 0 Å². The van der Waals surface area contributed by atoms with Crippen LogP contribution in [0.4, 0.5) is 0 Å². The molecule has 4 heteroatoms. The van der Waals surface area contributed by atoms with E-state index in [0.29, 0.717) is 11.6 Å². The predicted molar refractivity (Wildman–Crippen MR) is 81.6 cm³/mol. The lowest BCUT2D eigenvalue weighted by Crippen LogP contribution is -2.28. The second-order valence-electron chi connectivity index (χ2n) is 4.72. The van der Waals surface area contributed by atoms with Crippen LogP contribution in [0.5, 0.6) is 0 Å². The number of likely N-dealkylation sites (N-methyl/N-ethyl adjacent to an activating group) is 1. The van der Waals surface area contributed by atoms with E-state index in [4.69, 9.17) is 11.6 Å². The molecule has 0 amide bonds. The molecule has 106 valence electrons. The van der Waals surface area contributed by atoms with Gasteiger partial charge < -0.3 is 5.11 Å². The van der Waals surface area contributed by atoms with Crippen molar-refractivity contribution in [2.75, 3.05) is 13.1 Å². The second-order valence-corrected chi connectivity index (χ2v) is 5.15. The van der Waals surface area contributed by atoms with Gasteiger partial charge in [0.25, 0.3) is 0 Å². The van der Waals surface area contributed by atoms with E-state index < -0.39 is 6.10 Å². The Labute approximate surface area is 124 Å². The normalized spacial score (nSPS) is 12.6. The molecule has 0 radical (unpaired) electrons. The lowest BCUT2D eigenvalue weighted by Gasteiger charge is -2.23. The molecule has 0 spiro atoms. The van der Waals surface area contributed by atoms with E-state index in [2.05, 4.69) is 16.8 Å². The summed E-state index contributed by atoms with van der Waals surface area (Å²) in [5.74, 6) is 0. The SMILES string of the molecule is CCN(Cc1ccccn1)CC(O)c1ccc(Cl)cc1. The highest BCUT2D eigenvalue weighted by atomic mass is 35.5. The highest BCUT2D eigenvalue weighted by molar-refractivity contribution is 6.30. The van der Waals surface area contributed by atoms with Crippen LogP contribution in [0.2, 0.25) is 5.02 Å². The van der Waals surface area contributed by atoms with Gasteiger partial charge in [-0.3, -0.25) is 9.88 Å². The predicted octanol–water partition coefficient (Wildman–Crippen LogP) is 3.29. The molecular weight excluding hydrogens is 272 g/mol. The van der Waals surface area contributed by atoms with Gasteiger partial charge in [-0.25, -0.2) is 0 Å². The molecule has 20 heavy (non-hydrogen) atoms. The van der Waals surface area contributed by atoms with E-state index in [0.717, 1.165) is 24.3 Å². The van der Waals surface area contributed by atoms with Crippen LogP contribution in [0.1, 0.15) is 24.3 Å². The van der Waals surface area contributed by atoms with Crippen molar-refractivity contribution in [1.82, 2.24) is 9.88 Å². The topological polar surface area (TPSA) is 36.4 Å². The summed E-state index contributed by atoms with van der Waals surface area (Å²) < 4.78 is 0. The van der Waals surface area contributed by atoms with Crippen LogP contribution in [0.3, 0.4) is 0 Å². The van der Waals surface area contributed by atoms with Crippen molar-refractivity contribution in [3.8, 4) is 0 Å². The molecule has 0 saturated heterocycles. The first kappa shape index (κ1) is 15.0. The fourth-order valence-corrected chi connectivity index (χ4v) is 2.19. The van der Waals surface area contributed by atoms with Crippen molar-refractivity contribution >= 4 is 11.6 Å². The van der Waals surface area contributed by atoms with Gasteiger partial charge in [-0.2, -0.15) is 0 Å². The van der Waals surface area contributed by atoms with Crippen molar-refractivity contribution in [2.24, 2.45) is 0 Å². The maximum absolute atomic E-state index is 10.3. The minimum atomic E-state index is -0.518. The van der Waals surface area contributed by atoms with Gasteiger partial charge in [-0.05, 0) is 36.4 Å². The van der Waals surface area contributed by atoms with Crippen LogP contribution in [-0.4, -0.2) is 28.1 Å². The molecule has 1 unspecified atom stereocenters. The number of halogens is 1. The summed E-state index contributed by atoms with van der Waals surface area (Å²) in [4.78, 5) is 6.49. The van der Waals surface area contributed by atoms with Gasteiger partial charge in [-0.15, -0.1) is 0 Å². The van der Waals surface area contributed by atoms with Gasteiger partial charge in [0.1, 0.15) is 0 Å². The van der Waals surface area contributed by atoms with Crippen LogP contribution in [0.15, 0.2) is 48.7 Å². The van der Waals surface area contributed by atoms with Gasteiger partial charge in [0.2, 0.25) is 0 Å². The molecule has 1 aromatic heterocycles. The van der Waals surface area contributed by atoms with E-state index in [1.165, 1.54) is 0 Å². The zero-order valence-corrected chi connectivity index (χ0v) is 12.3. The Morgan fingerprint density at radius 1 is 1.20 bits per heavy atom. The lowest BCUT2D eigenvalue weighted by molar-refractivity contribution is 0.111. The van der Waals surface area contributed by atoms with Gasteiger partial charge in [0, 0.05) is 24.3 Å². The van der Waals surface area contributed by atoms with Gasteiger partial charge >= 0.3 is 0 Å². The van der Waals surface area contributed by atoms with Gasteiger partial charge in [0.05, 0.1) is 11.8 Å². The molecule has 0 aliphatic carbocycles. The molecule has 1 atom stereocenters. The number of benzene rings is 1. The number of pyridine rings is 1. The van der Waals surface area contributed by atoms with E-state index in [-0.39, 0.29) is 0 Å². The number of rotatable bonds is 6. The van der Waals surface area contributed by atoms with Crippen LogP contribution in [0.25, 0.3) is 0 Å². The van der Waals surface area contributed by atoms with Crippen LogP contribution >= 0.6 is 11.6 Å². The molecule has 1 heterocycles. The van der Waals surface area contributed by atoms with E-state index in [1.807, 2.05) is 30.3 Å². The summed E-state index contributed by atoms with van der Waals surface area (Å²) in [5.41, 5.74) is 1.89. The van der Waals surface area contributed by atoms with Gasteiger partial charge in [-0.1, -0.05) is 36.7 Å². The molecule has 1 aromatic carbocycles. The summed E-state index contributed by atoms with van der Waals surface area (Å²) >= 11 is 5.86. The third-order valence-corrected chi connectivity index (χ3v) is 3.50. The Morgan fingerprint density at radius 2 is 1.95 bits per heavy atom. The first-order chi connectivity index (χ1) is 9.69. The third kappa shape index (κ3) is 4.30. The molecule has 0 aliphatic rings. The first-order valence-electron chi connectivity index (χ1n) is 6.75. The average Bonchev–Trinajstić information content (AvgIpc) is 2.48. The maximum Gasteiger partial charge on any atom is 0.0917 e. The quantitative estimate of drug-likeness (QED) is 0.887. The van der Waals surface area contributed by atoms with E-state index in [9.17, 15) is 5.11 Å². The molecule has 0 fully saturated rings. The molecule has 0 bridgehead atoms. The summed E-state index contributed by atoms with van der Waals surface area (Å²) in [6.07, 6.45) is 1.27. The standard InChI is InChI=1S/C16H19ClN2O/c1-2-19(11-15-5-3-4-10-18-15)12-16(20)13-6-8-14(17)9-7-13/h3-10,16,20H,2,11-12H2,1H3. The van der Waals surface area contributed by atoms with Crippen LogP contribution in [-0.2, 0) is 6.54 Å².